The predicted molar refractivity (Wildman–Crippen MR) is 74.6 cm³/mol. The molecule has 0 saturated heterocycles. The summed E-state index contributed by atoms with van der Waals surface area (Å²) in [4.78, 5) is 10.6. The van der Waals surface area contributed by atoms with E-state index >= 15 is 0 Å². The smallest absolute Gasteiger partial charge is 0.313 e. The van der Waals surface area contributed by atoms with Crippen LogP contribution < -0.4 is 0 Å². The van der Waals surface area contributed by atoms with Crippen molar-refractivity contribution in [3.63, 3.8) is 0 Å². The zero-order valence-electron chi connectivity index (χ0n) is 11.0. The molecule has 0 spiro atoms. The maximum absolute atomic E-state index is 10.6. The number of aliphatic hydroxyl groups excluding tert-OH is 1. The van der Waals surface area contributed by atoms with Gasteiger partial charge in [-0.2, -0.15) is 0 Å². The Morgan fingerprint density at radius 2 is 2.00 bits per heavy atom. The minimum Gasteiger partial charge on any atom is -0.481 e. The van der Waals surface area contributed by atoms with Gasteiger partial charge in [0.05, 0.1) is 12.3 Å². The zero-order chi connectivity index (χ0) is 14.5. The number of benzene rings is 1. The lowest BCUT2D eigenvalue weighted by atomic mass is 10.1. The Morgan fingerprint density at radius 3 is 2.60 bits per heavy atom. The van der Waals surface area contributed by atoms with Gasteiger partial charge < -0.3 is 10.2 Å². The second-order valence-electron chi connectivity index (χ2n) is 4.31. The van der Waals surface area contributed by atoms with Gasteiger partial charge in [0.25, 0.3) is 0 Å². The summed E-state index contributed by atoms with van der Waals surface area (Å²) in [6.07, 6.45) is 0. The van der Waals surface area contributed by atoms with Gasteiger partial charge in [0.15, 0.2) is 11.0 Å². The van der Waals surface area contributed by atoms with Gasteiger partial charge in [0, 0.05) is 0 Å². The van der Waals surface area contributed by atoms with Crippen LogP contribution in [0.25, 0.3) is 0 Å². The van der Waals surface area contributed by atoms with Crippen molar-refractivity contribution in [3.8, 4) is 0 Å². The number of hydrogen-bond acceptors (Lipinski definition) is 5. The fraction of sp³-hybridized carbons (Fsp3) is 0.308. The van der Waals surface area contributed by atoms with E-state index in [2.05, 4.69) is 10.2 Å². The van der Waals surface area contributed by atoms with Crippen molar-refractivity contribution in [1.29, 1.82) is 0 Å². The highest BCUT2D eigenvalue weighted by Crippen LogP contribution is 2.19. The molecule has 0 unspecified atom stereocenters. The van der Waals surface area contributed by atoms with Gasteiger partial charge in [0.2, 0.25) is 0 Å². The van der Waals surface area contributed by atoms with Crippen LogP contribution in [0.4, 0.5) is 0 Å². The molecule has 0 aliphatic carbocycles. The number of carbonyl (C=O) groups is 1. The quantitative estimate of drug-likeness (QED) is 0.781. The summed E-state index contributed by atoms with van der Waals surface area (Å²) in [6, 6.07) is 7.98. The molecular weight excluding hydrogens is 278 g/mol. The maximum atomic E-state index is 10.6. The lowest BCUT2D eigenvalue weighted by molar-refractivity contribution is -0.133. The Labute approximate surface area is 120 Å². The number of rotatable bonds is 6. The second kappa shape index (κ2) is 6.53. The van der Waals surface area contributed by atoms with Gasteiger partial charge in [0.1, 0.15) is 6.61 Å². The first-order valence-corrected chi connectivity index (χ1v) is 7.02. The molecule has 1 aromatic carbocycles. The molecule has 106 valence electrons. The normalized spacial score (nSPS) is 10.7. The highest BCUT2D eigenvalue weighted by molar-refractivity contribution is 7.99. The first-order valence-electron chi connectivity index (χ1n) is 6.03. The Bertz CT molecular complexity index is 595. The Balaban J connectivity index is 2.21. The van der Waals surface area contributed by atoms with E-state index in [9.17, 15) is 9.90 Å². The molecular formula is C13H15N3O3S. The largest absolute Gasteiger partial charge is 0.481 e. The SMILES string of the molecule is Cc1ccc(Cn2c(CO)nnc2SCC(=O)O)cc1. The van der Waals surface area contributed by atoms with Gasteiger partial charge in [-0.1, -0.05) is 41.6 Å². The Morgan fingerprint density at radius 1 is 1.30 bits per heavy atom. The van der Waals surface area contributed by atoms with Gasteiger partial charge in [-0.25, -0.2) is 0 Å². The molecule has 0 bridgehead atoms. The number of aromatic nitrogens is 3. The summed E-state index contributed by atoms with van der Waals surface area (Å²) in [7, 11) is 0. The summed E-state index contributed by atoms with van der Waals surface area (Å²) in [5, 5.41) is 26.3. The van der Waals surface area contributed by atoms with Crippen LogP contribution in [-0.2, 0) is 17.9 Å². The number of carboxylic acid groups (broad SMARTS) is 1. The summed E-state index contributed by atoms with van der Waals surface area (Å²) in [5.41, 5.74) is 2.21. The van der Waals surface area contributed by atoms with Crippen molar-refractivity contribution >= 4 is 17.7 Å². The van der Waals surface area contributed by atoms with Crippen molar-refractivity contribution in [3.05, 3.63) is 41.2 Å². The molecule has 2 aromatic rings. The molecule has 0 aliphatic rings. The standard InChI is InChI=1S/C13H15N3O3S/c1-9-2-4-10(5-3-9)6-16-11(7-17)14-15-13(16)20-8-12(18)19/h2-5,17H,6-8H2,1H3,(H,18,19). The van der Waals surface area contributed by atoms with Crippen molar-refractivity contribution in [1.82, 2.24) is 14.8 Å². The van der Waals surface area contributed by atoms with Crippen molar-refractivity contribution < 1.29 is 15.0 Å². The molecule has 0 radical (unpaired) electrons. The first-order chi connectivity index (χ1) is 9.60. The van der Waals surface area contributed by atoms with E-state index in [1.807, 2.05) is 31.2 Å². The molecule has 0 atom stereocenters. The summed E-state index contributed by atoms with van der Waals surface area (Å²) >= 11 is 1.09. The van der Waals surface area contributed by atoms with Crippen LogP contribution >= 0.6 is 11.8 Å². The summed E-state index contributed by atoms with van der Waals surface area (Å²) in [6.45, 7) is 2.29. The summed E-state index contributed by atoms with van der Waals surface area (Å²) in [5.74, 6) is -0.568. The third-order valence-corrected chi connectivity index (χ3v) is 3.67. The lowest BCUT2D eigenvalue weighted by Crippen LogP contribution is -2.08. The van der Waals surface area contributed by atoms with Crippen LogP contribution in [0.5, 0.6) is 0 Å². The molecule has 1 heterocycles. The lowest BCUT2D eigenvalue weighted by Gasteiger charge is -2.09. The third kappa shape index (κ3) is 3.58. The molecule has 0 saturated carbocycles. The average Bonchev–Trinajstić information content (AvgIpc) is 2.81. The van der Waals surface area contributed by atoms with Gasteiger partial charge in [-0.05, 0) is 12.5 Å². The van der Waals surface area contributed by atoms with Crippen molar-refractivity contribution in [2.45, 2.75) is 25.2 Å². The molecule has 2 N–H and O–H groups in total. The zero-order valence-corrected chi connectivity index (χ0v) is 11.8. The number of carboxylic acids is 1. The predicted octanol–water partition coefficient (Wildman–Crippen LogP) is 1.30. The number of nitrogens with zero attached hydrogens (tertiary/aromatic N) is 3. The minimum absolute atomic E-state index is 0.0859. The van der Waals surface area contributed by atoms with Crippen molar-refractivity contribution in [2.24, 2.45) is 0 Å². The molecule has 20 heavy (non-hydrogen) atoms. The Hall–Kier alpha value is -1.86. The van der Waals surface area contributed by atoms with Crippen molar-refractivity contribution in [2.75, 3.05) is 5.75 Å². The fourth-order valence-corrected chi connectivity index (χ4v) is 2.38. The average molecular weight is 293 g/mol. The highest BCUT2D eigenvalue weighted by Gasteiger charge is 2.13. The first kappa shape index (κ1) is 14.5. The number of hydrogen-bond donors (Lipinski definition) is 2. The molecule has 6 nitrogen and oxygen atoms in total. The van der Waals surface area contributed by atoms with Crippen LogP contribution in [0.1, 0.15) is 17.0 Å². The molecule has 0 fully saturated rings. The van der Waals surface area contributed by atoms with Gasteiger partial charge >= 0.3 is 5.97 Å². The van der Waals surface area contributed by atoms with E-state index in [4.69, 9.17) is 5.11 Å². The van der Waals surface area contributed by atoms with E-state index in [1.165, 1.54) is 5.56 Å². The van der Waals surface area contributed by atoms with Crippen LogP contribution in [0.15, 0.2) is 29.4 Å². The monoisotopic (exact) mass is 293 g/mol. The molecule has 7 heteroatoms. The number of aliphatic hydroxyl groups is 1. The minimum atomic E-state index is -0.912. The van der Waals surface area contributed by atoms with E-state index < -0.39 is 5.97 Å². The van der Waals surface area contributed by atoms with E-state index in [0.717, 1.165) is 17.3 Å². The molecule has 0 aliphatic heterocycles. The molecule has 2 rings (SSSR count). The van der Waals surface area contributed by atoms with Crippen LogP contribution in [-0.4, -0.2) is 36.7 Å². The van der Waals surface area contributed by atoms with Crippen LogP contribution in [0.3, 0.4) is 0 Å². The number of thioether (sulfide) groups is 1. The topological polar surface area (TPSA) is 88.2 Å². The van der Waals surface area contributed by atoms with E-state index in [-0.39, 0.29) is 12.4 Å². The van der Waals surface area contributed by atoms with Gasteiger partial charge in [-0.3, -0.25) is 9.36 Å². The molecule has 0 amide bonds. The number of aryl methyl sites for hydroxylation is 1. The summed E-state index contributed by atoms with van der Waals surface area (Å²) < 4.78 is 1.73. The molecule has 1 aromatic heterocycles. The van der Waals surface area contributed by atoms with Crippen LogP contribution in [0.2, 0.25) is 0 Å². The van der Waals surface area contributed by atoms with Gasteiger partial charge in [-0.15, -0.1) is 10.2 Å². The maximum Gasteiger partial charge on any atom is 0.313 e. The third-order valence-electron chi connectivity index (χ3n) is 2.72. The highest BCUT2D eigenvalue weighted by atomic mass is 32.2. The Kier molecular flexibility index (Phi) is 4.75. The van der Waals surface area contributed by atoms with E-state index in [1.54, 1.807) is 4.57 Å². The van der Waals surface area contributed by atoms with Crippen LogP contribution in [0, 0.1) is 6.92 Å². The second-order valence-corrected chi connectivity index (χ2v) is 5.25. The number of aliphatic carboxylic acids is 1. The fourth-order valence-electron chi connectivity index (χ4n) is 1.70. The van der Waals surface area contributed by atoms with E-state index in [0.29, 0.717) is 17.5 Å².